The van der Waals surface area contributed by atoms with E-state index in [-0.39, 0.29) is 10.8 Å². The Labute approximate surface area is 167 Å². The number of carbonyl (C=O) groups excluding carboxylic acids is 1. The molecule has 6 nitrogen and oxygen atoms in total. The first-order chi connectivity index (χ1) is 13.6. The summed E-state index contributed by atoms with van der Waals surface area (Å²) in [6.45, 7) is 2.55. The summed E-state index contributed by atoms with van der Waals surface area (Å²) < 4.78 is 5.44. The van der Waals surface area contributed by atoms with Gasteiger partial charge in [0.25, 0.3) is 5.91 Å². The standard InChI is InChI=1S/C21H18ClN3O3/c1-2-28-17-6-3-15(4-7-17)19-11-14(9-10-23-19)13-24-25-21(27)16-5-8-20(26)18(22)12-16/h3-13,26H,2H2,1H3,(H,25,27). The van der Waals surface area contributed by atoms with Gasteiger partial charge in [-0.25, -0.2) is 5.43 Å². The molecule has 0 unspecified atom stereocenters. The fraction of sp³-hybridized carbons (Fsp3) is 0.0952. The van der Waals surface area contributed by atoms with Gasteiger partial charge in [-0.3, -0.25) is 9.78 Å². The maximum absolute atomic E-state index is 12.1. The lowest BCUT2D eigenvalue weighted by molar-refractivity contribution is 0.0955. The molecule has 0 bridgehead atoms. The second-order valence-corrected chi connectivity index (χ2v) is 6.20. The molecule has 0 aliphatic heterocycles. The highest BCUT2D eigenvalue weighted by Crippen LogP contribution is 2.23. The smallest absolute Gasteiger partial charge is 0.271 e. The lowest BCUT2D eigenvalue weighted by Gasteiger charge is -2.05. The first-order valence-corrected chi connectivity index (χ1v) is 8.96. The predicted octanol–water partition coefficient (Wildman–Crippen LogP) is 4.27. The summed E-state index contributed by atoms with van der Waals surface area (Å²) in [5.41, 5.74) is 5.23. The van der Waals surface area contributed by atoms with Gasteiger partial charge < -0.3 is 9.84 Å². The second kappa shape index (κ2) is 9.01. The van der Waals surface area contributed by atoms with Crippen molar-refractivity contribution in [2.75, 3.05) is 6.61 Å². The number of halogens is 1. The largest absolute Gasteiger partial charge is 0.506 e. The summed E-state index contributed by atoms with van der Waals surface area (Å²) in [4.78, 5) is 16.4. The third-order valence-electron chi connectivity index (χ3n) is 3.83. The van der Waals surface area contributed by atoms with Gasteiger partial charge in [-0.15, -0.1) is 0 Å². The zero-order valence-corrected chi connectivity index (χ0v) is 15.8. The number of ether oxygens (including phenoxy) is 1. The van der Waals surface area contributed by atoms with E-state index in [2.05, 4.69) is 15.5 Å². The number of phenols is 1. The number of benzene rings is 2. The fourth-order valence-corrected chi connectivity index (χ4v) is 2.63. The van der Waals surface area contributed by atoms with Gasteiger partial charge >= 0.3 is 0 Å². The summed E-state index contributed by atoms with van der Waals surface area (Å²) in [7, 11) is 0. The van der Waals surface area contributed by atoms with E-state index in [0.29, 0.717) is 12.2 Å². The number of hydrogen-bond acceptors (Lipinski definition) is 5. The number of pyridine rings is 1. The Kier molecular flexibility index (Phi) is 6.24. The van der Waals surface area contributed by atoms with Crippen molar-refractivity contribution >= 4 is 23.7 Å². The number of nitrogens with zero attached hydrogens (tertiary/aromatic N) is 2. The molecule has 0 saturated carbocycles. The second-order valence-electron chi connectivity index (χ2n) is 5.80. The number of aromatic hydroxyl groups is 1. The van der Waals surface area contributed by atoms with E-state index < -0.39 is 5.91 Å². The molecule has 2 aromatic carbocycles. The maximum Gasteiger partial charge on any atom is 0.271 e. The van der Waals surface area contributed by atoms with Crippen molar-refractivity contribution in [2.45, 2.75) is 6.92 Å². The van der Waals surface area contributed by atoms with Crippen LogP contribution < -0.4 is 10.2 Å². The van der Waals surface area contributed by atoms with Crippen molar-refractivity contribution in [3.05, 3.63) is 76.9 Å². The maximum atomic E-state index is 12.1. The van der Waals surface area contributed by atoms with Crippen LogP contribution in [0.3, 0.4) is 0 Å². The summed E-state index contributed by atoms with van der Waals surface area (Å²) in [5, 5.41) is 13.5. The predicted molar refractivity (Wildman–Crippen MR) is 109 cm³/mol. The summed E-state index contributed by atoms with van der Waals surface area (Å²) in [6.07, 6.45) is 3.20. The average Bonchev–Trinajstić information content (AvgIpc) is 2.71. The lowest BCUT2D eigenvalue weighted by atomic mass is 10.1. The first-order valence-electron chi connectivity index (χ1n) is 8.58. The van der Waals surface area contributed by atoms with E-state index in [1.165, 1.54) is 24.4 Å². The van der Waals surface area contributed by atoms with Crippen LogP contribution in [-0.2, 0) is 0 Å². The number of hydrazone groups is 1. The van der Waals surface area contributed by atoms with Crippen molar-refractivity contribution < 1.29 is 14.6 Å². The molecule has 0 radical (unpaired) electrons. The monoisotopic (exact) mass is 395 g/mol. The van der Waals surface area contributed by atoms with E-state index in [1.807, 2.05) is 37.3 Å². The molecule has 0 aliphatic carbocycles. The number of rotatable bonds is 6. The van der Waals surface area contributed by atoms with Crippen LogP contribution in [0.5, 0.6) is 11.5 Å². The van der Waals surface area contributed by atoms with Crippen molar-refractivity contribution in [1.82, 2.24) is 10.4 Å². The number of carbonyl (C=O) groups is 1. The van der Waals surface area contributed by atoms with Crippen LogP contribution in [0.2, 0.25) is 5.02 Å². The molecule has 0 aliphatic rings. The van der Waals surface area contributed by atoms with Crippen molar-refractivity contribution in [2.24, 2.45) is 5.10 Å². The number of phenolic OH excluding ortho intramolecular Hbond substituents is 1. The minimum Gasteiger partial charge on any atom is -0.506 e. The molecular weight excluding hydrogens is 378 g/mol. The lowest BCUT2D eigenvalue weighted by Crippen LogP contribution is -2.17. The zero-order chi connectivity index (χ0) is 19.9. The highest BCUT2D eigenvalue weighted by molar-refractivity contribution is 6.32. The van der Waals surface area contributed by atoms with Gasteiger partial charge in [-0.05, 0) is 67.1 Å². The van der Waals surface area contributed by atoms with Gasteiger partial charge in [0, 0.05) is 17.3 Å². The molecule has 7 heteroatoms. The molecule has 0 spiro atoms. The fourth-order valence-electron chi connectivity index (χ4n) is 2.45. The van der Waals surface area contributed by atoms with Crippen LogP contribution in [0.25, 0.3) is 11.3 Å². The Hall–Kier alpha value is -3.38. The van der Waals surface area contributed by atoms with Crippen LogP contribution in [0.15, 0.2) is 65.9 Å². The summed E-state index contributed by atoms with van der Waals surface area (Å²) in [5.74, 6) is 0.292. The van der Waals surface area contributed by atoms with Gasteiger partial charge in [-0.1, -0.05) is 11.6 Å². The number of nitrogens with one attached hydrogen (secondary N) is 1. The van der Waals surface area contributed by atoms with Crippen LogP contribution in [-0.4, -0.2) is 28.8 Å². The Morgan fingerprint density at radius 3 is 2.71 bits per heavy atom. The highest BCUT2D eigenvalue weighted by atomic mass is 35.5. The molecule has 2 N–H and O–H groups in total. The molecule has 3 rings (SSSR count). The number of amides is 1. The molecule has 0 saturated heterocycles. The van der Waals surface area contributed by atoms with E-state index in [1.54, 1.807) is 12.3 Å². The van der Waals surface area contributed by atoms with Gasteiger partial charge in [0.2, 0.25) is 0 Å². The van der Waals surface area contributed by atoms with Crippen LogP contribution in [0, 0.1) is 0 Å². The third kappa shape index (κ3) is 4.86. The van der Waals surface area contributed by atoms with Crippen LogP contribution >= 0.6 is 11.6 Å². The van der Waals surface area contributed by atoms with Crippen molar-refractivity contribution in [3.8, 4) is 22.8 Å². The molecule has 142 valence electrons. The van der Waals surface area contributed by atoms with Crippen LogP contribution in [0.1, 0.15) is 22.8 Å². The van der Waals surface area contributed by atoms with Gasteiger partial charge in [0.05, 0.1) is 23.5 Å². The van der Waals surface area contributed by atoms with E-state index in [0.717, 1.165) is 22.6 Å². The molecule has 28 heavy (non-hydrogen) atoms. The number of aromatic nitrogens is 1. The Morgan fingerprint density at radius 1 is 1.21 bits per heavy atom. The topological polar surface area (TPSA) is 83.8 Å². The molecule has 1 heterocycles. The van der Waals surface area contributed by atoms with E-state index in [4.69, 9.17) is 16.3 Å². The molecule has 0 atom stereocenters. The number of hydrogen-bond donors (Lipinski definition) is 2. The summed E-state index contributed by atoms with van der Waals surface area (Å²) in [6, 6.07) is 15.5. The quantitative estimate of drug-likeness (QED) is 0.482. The SMILES string of the molecule is CCOc1ccc(-c2cc(C=NNC(=O)c3ccc(O)c(Cl)c3)ccn2)cc1. The van der Waals surface area contributed by atoms with Gasteiger partial charge in [0.15, 0.2) is 0 Å². The molecule has 0 fully saturated rings. The summed E-state index contributed by atoms with van der Waals surface area (Å²) >= 11 is 5.81. The third-order valence-corrected chi connectivity index (χ3v) is 4.14. The normalized spacial score (nSPS) is 10.8. The van der Waals surface area contributed by atoms with E-state index >= 15 is 0 Å². The molecular formula is C21H18ClN3O3. The first kappa shape index (κ1) is 19.4. The van der Waals surface area contributed by atoms with Crippen LogP contribution in [0.4, 0.5) is 0 Å². The molecule has 3 aromatic rings. The Bertz CT molecular complexity index is 1000. The van der Waals surface area contributed by atoms with Crippen molar-refractivity contribution in [1.29, 1.82) is 0 Å². The van der Waals surface area contributed by atoms with Crippen molar-refractivity contribution in [3.63, 3.8) is 0 Å². The van der Waals surface area contributed by atoms with Gasteiger partial charge in [-0.2, -0.15) is 5.10 Å². The van der Waals surface area contributed by atoms with Gasteiger partial charge in [0.1, 0.15) is 11.5 Å². The molecule has 1 aromatic heterocycles. The zero-order valence-electron chi connectivity index (χ0n) is 15.1. The highest BCUT2D eigenvalue weighted by Gasteiger charge is 2.07. The minimum absolute atomic E-state index is 0.0830. The minimum atomic E-state index is -0.432. The average molecular weight is 396 g/mol. The Balaban J connectivity index is 1.68. The Morgan fingerprint density at radius 2 is 2.00 bits per heavy atom. The van der Waals surface area contributed by atoms with E-state index in [9.17, 15) is 9.90 Å². The molecule has 1 amide bonds.